The number of imide groups is 1. The zero-order valence-electron chi connectivity index (χ0n) is 18.5. The maximum Gasteiger partial charge on any atom is 0.338 e. The number of nitro benzene ring substituents is 1. The van der Waals surface area contributed by atoms with Crippen LogP contribution in [0.2, 0.25) is 0 Å². The van der Waals surface area contributed by atoms with E-state index in [1.165, 1.54) is 36.4 Å². The molecule has 11 nitrogen and oxygen atoms in total. The van der Waals surface area contributed by atoms with Gasteiger partial charge in [0.05, 0.1) is 28.2 Å². The molecule has 0 radical (unpaired) electrons. The van der Waals surface area contributed by atoms with Crippen molar-refractivity contribution in [3.8, 4) is 11.5 Å². The molecule has 2 heterocycles. The third-order valence-electron chi connectivity index (χ3n) is 5.53. The molecule has 3 aromatic carbocycles. The molecule has 178 valence electrons. The average Bonchev–Trinajstić information content (AvgIpc) is 3.47. The fourth-order valence-electron chi connectivity index (χ4n) is 3.68. The molecule has 4 aromatic rings. The summed E-state index contributed by atoms with van der Waals surface area (Å²) in [5.41, 5.74) is 2.10. The van der Waals surface area contributed by atoms with Gasteiger partial charge in [-0.1, -0.05) is 24.3 Å². The Hall–Kier alpha value is -5.19. The van der Waals surface area contributed by atoms with Crippen molar-refractivity contribution in [2.24, 2.45) is 0 Å². The summed E-state index contributed by atoms with van der Waals surface area (Å²) in [5, 5.41) is 18.4. The summed E-state index contributed by atoms with van der Waals surface area (Å²) >= 11 is 0. The van der Waals surface area contributed by atoms with E-state index in [4.69, 9.17) is 9.15 Å². The number of non-ortho nitro benzene ring substituents is 1. The van der Waals surface area contributed by atoms with Crippen LogP contribution in [0.3, 0.4) is 0 Å². The van der Waals surface area contributed by atoms with Gasteiger partial charge < -0.3 is 9.15 Å². The SMILES string of the molecule is O=C(OCc1nnc(-c2ccc([N+](=O)[O-])cc2)o1)c1ccc(CN2C(=O)c3ccccc3C2=O)cc1. The molecule has 0 saturated carbocycles. The Kier molecular flexibility index (Phi) is 5.79. The van der Waals surface area contributed by atoms with Gasteiger partial charge in [-0.2, -0.15) is 0 Å². The third-order valence-corrected chi connectivity index (χ3v) is 5.53. The average molecular weight is 484 g/mol. The molecule has 0 spiro atoms. The predicted octanol–water partition coefficient (Wildman–Crippen LogP) is 3.80. The molecule has 1 aliphatic heterocycles. The topological polar surface area (TPSA) is 146 Å². The van der Waals surface area contributed by atoms with Gasteiger partial charge >= 0.3 is 5.97 Å². The van der Waals surface area contributed by atoms with E-state index in [0.29, 0.717) is 22.3 Å². The molecule has 36 heavy (non-hydrogen) atoms. The first kappa shape index (κ1) is 22.6. The molecular weight excluding hydrogens is 468 g/mol. The van der Waals surface area contributed by atoms with Crippen molar-refractivity contribution >= 4 is 23.5 Å². The standard InChI is InChI=1S/C25H16N4O7/c30-23-19-3-1-2-4-20(19)24(31)28(23)13-15-5-7-17(8-6-15)25(32)35-14-21-26-27-22(36-21)16-9-11-18(12-10-16)29(33)34/h1-12H,13-14H2. The van der Waals surface area contributed by atoms with Gasteiger partial charge in [0.2, 0.25) is 5.89 Å². The highest BCUT2D eigenvalue weighted by molar-refractivity contribution is 6.21. The Morgan fingerprint density at radius 2 is 1.56 bits per heavy atom. The summed E-state index contributed by atoms with van der Waals surface area (Å²) in [6, 6.07) is 18.6. The van der Waals surface area contributed by atoms with E-state index in [9.17, 15) is 24.5 Å². The summed E-state index contributed by atoms with van der Waals surface area (Å²) < 4.78 is 10.7. The largest absolute Gasteiger partial charge is 0.452 e. The second-order valence-corrected chi connectivity index (χ2v) is 7.82. The Balaban J connectivity index is 1.18. The van der Waals surface area contributed by atoms with Gasteiger partial charge in [-0.05, 0) is 42.0 Å². The van der Waals surface area contributed by atoms with Crippen molar-refractivity contribution in [1.82, 2.24) is 15.1 Å². The lowest BCUT2D eigenvalue weighted by molar-refractivity contribution is -0.384. The van der Waals surface area contributed by atoms with Gasteiger partial charge in [-0.25, -0.2) is 4.79 Å². The van der Waals surface area contributed by atoms with Crippen molar-refractivity contribution < 1.29 is 28.5 Å². The summed E-state index contributed by atoms with van der Waals surface area (Å²) in [4.78, 5) is 48.9. The molecule has 11 heteroatoms. The van der Waals surface area contributed by atoms with Crippen LogP contribution in [-0.2, 0) is 17.9 Å². The molecule has 1 aromatic heterocycles. The summed E-state index contributed by atoms with van der Waals surface area (Å²) in [5.74, 6) is -1.15. The first-order valence-corrected chi connectivity index (χ1v) is 10.7. The van der Waals surface area contributed by atoms with Crippen molar-refractivity contribution in [3.05, 3.63) is 111 Å². The monoisotopic (exact) mass is 484 g/mol. The highest BCUT2D eigenvalue weighted by atomic mass is 16.6. The molecule has 1 aliphatic rings. The number of carbonyl (C=O) groups excluding carboxylic acids is 3. The Morgan fingerprint density at radius 3 is 2.17 bits per heavy atom. The summed E-state index contributed by atoms with van der Waals surface area (Å²) in [7, 11) is 0. The van der Waals surface area contributed by atoms with Crippen molar-refractivity contribution in [1.29, 1.82) is 0 Å². The van der Waals surface area contributed by atoms with Crippen molar-refractivity contribution in [2.45, 2.75) is 13.2 Å². The molecule has 0 N–H and O–H groups in total. The van der Waals surface area contributed by atoms with Gasteiger partial charge in [0.25, 0.3) is 23.4 Å². The molecule has 0 atom stereocenters. The minimum Gasteiger partial charge on any atom is -0.452 e. The maximum absolute atomic E-state index is 12.5. The molecular formula is C25H16N4O7. The van der Waals surface area contributed by atoms with Gasteiger partial charge in [0.1, 0.15) is 0 Å². The number of fused-ring (bicyclic) bond motifs is 1. The number of nitro groups is 1. The predicted molar refractivity (Wildman–Crippen MR) is 123 cm³/mol. The van der Waals surface area contributed by atoms with Crippen LogP contribution in [0.1, 0.15) is 42.5 Å². The number of rotatable bonds is 7. The van der Waals surface area contributed by atoms with Gasteiger partial charge in [-0.15, -0.1) is 10.2 Å². The number of esters is 1. The van der Waals surface area contributed by atoms with E-state index in [2.05, 4.69) is 10.2 Å². The van der Waals surface area contributed by atoms with E-state index in [0.717, 1.165) is 4.90 Å². The number of hydrogen-bond donors (Lipinski definition) is 0. The molecule has 5 rings (SSSR count). The van der Waals surface area contributed by atoms with Crippen LogP contribution in [0.4, 0.5) is 5.69 Å². The number of ether oxygens (including phenoxy) is 1. The van der Waals surface area contributed by atoms with Crippen molar-refractivity contribution in [3.63, 3.8) is 0 Å². The van der Waals surface area contributed by atoms with E-state index < -0.39 is 10.9 Å². The lowest BCUT2D eigenvalue weighted by Crippen LogP contribution is -2.29. The van der Waals surface area contributed by atoms with Crippen LogP contribution >= 0.6 is 0 Å². The fraction of sp³-hybridized carbons (Fsp3) is 0.0800. The van der Waals surface area contributed by atoms with Gasteiger partial charge in [-0.3, -0.25) is 24.6 Å². The summed E-state index contributed by atoms with van der Waals surface area (Å²) in [6.07, 6.45) is 0. The number of amides is 2. The number of benzene rings is 3. The van der Waals surface area contributed by atoms with Gasteiger partial charge in [0, 0.05) is 17.7 Å². The number of hydrogen-bond acceptors (Lipinski definition) is 9. The van der Waals surface area contributed by atoms with E-state index >= 15 is 0 Å². The molecule has 0 bridgehead atoms. The minimum absolute atomic E-state index is 0.0546. The van der Waals surface area contributed by atoms with E-state index in [-0.39, 0.29) is 48.0 Å². The quantitative estimate of drug-likeness (QED) is 0.165. The first-order valence-electron chi connectivity index (χ1n) is 10.7. The molecule has 2 amide bonds. The smallest absolute Gasteiger partial charge is 0.338 e. The van der Waals surface area contributed by atoms with Crippen LogP contribution in [0, 0.1) is 10.1 Å². The summed E-state index contributed by atoms with van der Waals surface area (Å²) in [6.45, 7) is -0.190. The molecule has 0 unspecified atom stereocenters. The highest BCUT2D eigenvalue weighted by Crippen LogP contribution is 2.25. The number of aromatic nitrogens is 2. The Labute approximate surface area is 203 Å². The maximum atomic E-state index is 12.5. The highest BCUT2D eigenvalue weighted by Gasteiger charge is 2.34. The Bertz CT molecular complexity index is 1460. The van der Waals surface area contributed by atoms with Crippen LogP contribution in [-0.4, -0.2) is 37.8 Å². The van der Waals surface area contributed by atoms with Crippen LogP contribution < -0.4 is 0 Å². The number of nitrogens with zero attached hydrogens (tertiary/aromatic N) is 4. The first-order chi connectivity index (χ1) is 17.4. The lowest BCUT2D eigenvalue weighted by Gasteiger charge is -2.14. The zero-order chi connectivity index (χ0) is 25.2. The molecule has 0 aliphatic carbocycles. The fourth-order valence-corrected chi connectivity index (χ4v) is 3.68. The Morgan fingerprint density at radius 1 is 0.917 bits per heavy atom. The van der Waals surface area contributed by atoms with E-state index in [1.807, 2.05) is 0 Å². The second-order valence-electron chi connectivity index (χ2n) is 7.82. The third kappa shape index (κ3) is 4.32. The van der Waals surface area contributed by atoms with Crippen LogP contribution in [0.25, 0.3) is 11.5 Å². The van der Waals surface area contributed by atoms with E-state index in [1.54, 1.807) is 36.4 Å². The minimum atomic E-state index is -0.627. The number of carbonyl (C=O) groups is 3. The normalized spacial score (nSPS) is 12.5. The van der Waals surface area contributed by atoms with Crippen LogP contribution in [0.15, 0.2) is 77.2 Å². The van der Waals surface area contributed by atoms with Crippen LogP contribution in [0.5, 0.6) is 0 Å². The second kappa shape index (κ2) is 9.22. The van der Waals surface area contributed by atoms with Gasteiger partial charge in [0.15, 0.2) is 6.61 Å². The zero-order valence-corrected chi connectivity index (χ0v) is 18.5. The lowest BCUT2D eigenvalue weighted by atomic mass is 10.1. The molecule has 0 saturated heterocycles. The molecule has 0 fully saturated rings. The van der Waals surface area contributed by atoms with Crippen molar-refractivity contribution in [2.75, 3.05) is 0 Å².